The summed E-state index contributed by atoms with van der Waals surface area (Å²) in [4.78, 5) is 16.0. The molecule has 0 N–H and O–H groups in total. The maximum Gasteiger partial charge on any atom is 0.255 e. The van der Waals surface area contributed by atoms with E-state index in [1.807, 2.05) is 11.0 Å². The van der Waals surface area contributed by atoms with Crippen molar-refractivity contribution in [2.24, 2.45) is 0 Å². The first-order chi connectivity index (χ1) is 10.1. The molecule has 1 amide bonds. The summed E-state index contributed by atoms with van der Waals surface area (Å²) in [6.07, 6.45) is 3.06. The first-order valence-corrected chi connectivity index (χ1v) is 8.57. The van der Waals surface area contributed by atoms with Crippen LogP contribution in [-0.2, 0) is 6.42 Å². The number of halogens is 2. The third-order valence-corrected chi connectivity index (χ3v) is 5.07. The summed E-state index contributed by atoms with van der Waals surface area (Å²) >= 11 is 13.8. The number of carbonyl (C=O) groups is 1. The highest BCUT2D eigenvalue weighted by Crippen LogP contribution is 2.31. The van der Waals surface area contributed by atoms with Gasteiger partial charge < -0.3 is 4.90 Å². The van der Waals surface area contributed by atoms with Gasteiger partial charge in [-0.3, -0.25) is 4.79 Å². The number of benzene rings is 1. The molecular formula is C16H15Cl2NOS. The SMILES string of the molecule is O=C(c1ccc(Cl)cc1Cl)N(CCc1cccs1)C1CC1. The van der Waals surface area contributed by atoms with E-state index in [1.54, 1.807) is 29.5 Å². The van der Waals surface area contributed by atoms with E-state index in [9.17, 15) is 4.79 Å². The Hall–Kier alpha value is -1.03. The molecule has 110 valence electrons. The summed E-state index contributed by atoms with van der Waals surface area (Å²) in [7, 11) is 0. The van der Waals surface area contributed by atoms with Gasteiger partial charge in [-0.25, -0.2) is 0 Å². The smallest absolute Gasteiger partial charge is 0.255 e. The van der Waals surface area contributed by atoms with Crippen LogP contribution in [0.1, 0.15) is 28.1 Å². The number of carbonyl (C=O) groups excluding carboxylic acids is 1. The van der Waals surface area contributed by atoms with Crippen molar-refractivity contribution in [3.05, 3.63) is 56.2 Å². The Labute approximate surface area is 138 Å². The quantitative estimate of drug-likeness (QED) is 0.758. The molecule has 1 aliphatic rings. The minimum atomic E-state index is 0.00993. The molecule has 5 heteroatoms. The fourth-order valence-corrected chi connectivity index (χ4v) is 3.53. The van der Waals surface area contributed by atoms with Gasteiger partial charge in [0.05, 0.1) is 10.6 Å². The van der Waals surface area contributed by atoms with Crippen molar-refractivity contribution in [1.82, 2.24) is 4.90 Å². The van der Waals surface area contributed by atoms with Crippen LogP contribution in [0.5, 0.6) is 0 Å². The van der Waals surface area contributed by atoms with Gasteiger partial charge in [-0.2, -0.15) is 0 Å². The predicted octanol–water partition coefficient (Wildman–Crippen LogP) is 4.90. The lowest BCUT2D eigenvalue weighted by Crippen LogP contribution is -2.35. The Bertz CT molecular complexity index is 638. The molecule has 0 radical (unpaired) electrons. The molecule has 0 saturated heterocycles. The molecular weight excluding hydrogens is 325 g/mol. The maximum absolute atomic E-state index is 12.7. The largest absolute Gasteiger partial charge is 0.335 e. The van der Waals surface area contributed by atoms with Crippen LogP contribution in [-0.4, -0.2) is 23.4 Å². The van der Waals surface area contributed by atoms with Crippen molar-refractivity contribution in [2.45, 2.75) is 25.3 Å². The zero-order valence-corrected chi connectivity index (χ0v) is 13.7. The summed E-state index contributed by atoms with van der Waals surface area (Å²) in [5.74, 6) is 0.00993. The molecule has 1 heterocycles. The average Bonchev–Trinajstić information content (AvgIpc) is 3.14. The molecule has 1 aliphatic carbocycles. The Morgan fingerprint density at radius 1 is 1.29 bits per heavy atom. The Morgan fingerprint density at radius 2 is 2.10 bits per heavy atom. The van der Waals surface area contributed by atoms with Crippen LogP contribution in [0.25, 0.3) is 0 Å². The molecule has 0 aliphatic heterocycles. The second-order valence-electron chi connectivity index (χ2n) is 5.18. The van der Waals surface area contributed by atoms with E-state index in [0.29, 0.717) is 21.7 Å². The summed E-state index contributed by atoms with van der Waals surface area (Å²) in [5.41, 5.74) is 0.541. The van der Waals surface area contributed by atoms with Crippen LogP contribution >= 0.6 is 34.5 Å². The summed E-state index contributed by atoms with van der Waals surface area (Å²) < 4.78 is 0. The van der Waals surface area contributed by atoms with Gasteiger partial charge in [0.2, 0.25) is 0 Å². The normalized spacial score (nSPS) is 14.2. The van der Waals surface area contributed by atoms with Crippen LogP contribution in [0.4, 0.5) is 0 Å². The Kier molecular flexibility index (Phi) is 4.53. The molecule has 3 rings (SSSR count). The fraction of sp³-hybridized carbons (Fsp3) is 0.312. The van der Waals surface area contributed by atoms with Crippen LogP contribution in [0.2, 0.25) is 10.0 Å². The van der Waals surface area contributed by atoms with E-state index in [0.717, 1.165) is 25.8 Å². The zero-order valence-electron chi connectivity index (χ0n) is 11.4. The average molecular weight is 340 g/mol. The van der Waals surface area contributed by atoms with Crippen LogP contribution < -0.4 is 0 Å². The minimum Gasteiger partial charge on any atom is -0.335 e. The van der Waals surface area contributed by atoms with Gasteiger partial charge in [-0.15, -0.1) is 11.3 Å². The van der Waals surface area contributed by atoms with Gasteiger partial charge in [0, 0.05) is 22.5 Å². The van der Waals surface area contributed by atoms with Crippen molar-refractivity contribution >= 4 is 40.4 Å². The first-order valence-electron chi connectivity index (χ1n) is 6.93. The summed E-state index contributed by atoms with van der Waals surface area (Å²) in [5, 5.41) is 3.04. The minimum absolute atomic E-state index is 0.00993. The van der Waals surface area contributed by atoms with Crippen molar-refractivity contribution in [2.75, 3.05) is 6.54 Å². The van der Waals surface area contributed by atoms with Crippen molar-refractivity contribution in [3.63, 3.8) is 0 Å². The number of hydrogen-bond donors (Lipinski definition) is 0. The molecule has 21 heavy (non-hydrogen) atoms. The zero-order chi connectivity index (χ0) is 14.8. The third kappa shape index (κ3) is 3.60. The summed E-state index contributed by atoms with van der Waals surface area (Å²) in [6, 6.07) is 9.57. The van der Waals surface area contributed by atoms with E-state index in [2.05, 4.69) is 11.4 Å². The lowest BCUT2D eigenvalue weighted by atomic mass is 10.2. The maximum atomic E-state index is 12.7. The molecule has 0 unspecified atom stereocenters. The standard InChI is InChI=1S/C16H15Cl2NOS/c17-11-3-6-14(15(18)10-11)16(20)19(12-4-5-12)8-7-13-2-1-9-21-13/h1-3,6,9-10,12H,4-5,7-8H2. The number of nitrogens with zero attached hydrogens (tertiary/aromatic N) is 1. The van der Waals surface area contributed by atoms with Gasteiger partial charge in [0.1, 0.15) is 0 Å². The monoisotopic (exact) mass is 339 g/mol. The van der Waals surface area contributed by atoms with Crippen LogP contribution in [0.15, 0.2) is 35.7 Å². The predicted molar refractivity (Wildman–Crippen MR) is 88.5 cm³/mol. The van der Waals surface area contributed by atoms with E-state index >= 15 is 0 Å². The van der Waals surface area contributed by atoms with E-state index < -0.39 is 0 Å². The van der Waals surface area contributed by atoms with E-state index in [-0.39, 0.29) is 5.91 Å². The molecule has 0 bridgehead atoms. The molecule has 0 spiro atoms. The third-order valence-electron chi connectivity index (χ3n) is 3.59. The van der Waals surface area contributed by atoms with E-state index in [1.165, 1.54) is 4.88 Å². The van der Waals surface area contributed by atoms with Gasteiger partial charge in [0.15, 0.2) is 0 Å². The van der Waals surface area contributed by atoms with Crippen LogP contribution in [0.3, 0.4) is 0 Å². The second kappa shape index (κ2) is 6.39. The van der Waals surface area contributed by atoms with Crippen molar-refractivity contribution in [1.29, 1.82) is 0 Å². The number of amides is 1. The molecule has 0 atom stereocenters. The second-order valence-corrected chi connectivity index (χ2v) is 7.06. The van der Waals surface area contributed by atoms with Gasteiger partial charge >= 0.3 is 0 Å². The Balaban J connectivity index is 1.75. The van der Waals surface area contributed by atoms with Crippen molar-refractivity contribution < 1.29 is 4.79 Å². The molecule has 1 saturated carbocycles. The van der Waals surface area contributed by atoms with Gasteiger partial charge in [-0.1, -0.05) is 29.3 Å². The molecule has 2 aromatic rings. The van der Waals surface area contributed by atoms with E-state index in [4.69, 9.17) is 23.2 Å². The number of thiophene rings is 1. The molecule has 2 nitrogen and oxygen atoms in total. The lowest BCUT2D eigenvalue weighted by Gasteiger charge is -2.23. The van der Waals surface area contributed by atoms with Crippen molar-refractivity contribution in [3.8, 4) is 0 Å². The fourth-order valence-electron chi connectivity index (χ4n) is 2.34. The lowest BCUT2D eigenvalue weighted by molar-refractivity contribution is 0.0745. The highest BCUT2D eigenvalue weighted by atomic mass is 35.5. The number of rotatable bonds is 5. The highest BCUT2D eigenvalue weighted by Gasteiger charge is 2.33. The summed E-state index contributed by atoms with van der Waals surface area (Å²) in [6.45, 7) is 0.739. The number of hydrogen-bond acceptors (Lipinski definition) is 2. The topological polar surface area (TPSA) is 20.3 Å². The van der Waals surface area contributed by atoms with Crippen LogP contribution in [0, 0.1) is 0 Å². The first kappa shape index (κ1) is 14.9. The van der Waals surface area contributed by atoms with Gasteiger partial charge in [0.25, 0.3) is 5.91 Å². The molecule has 1 aromatic heterocycles. The Morgan fingerprint density at radius 3 is 2.71 bits per heavy atom. The highest BCUT2D eigenvalue weighted by molar-refractivity contribution is 7.09. The van der Waals surface area contributed by atoms with Gasteiger partial charge in [-0.05, 0) is 48.9 Å². The molecule has 1 aromatic carbocycles. The molecule has 1 fully saturated rings.